The van der Waals surface area contributed by atoms with E-state index in [1.165, 1.54) is 49.3 Å². The van der Waals surface area contributed by atoms with E-state index >= 15 is 0 Å². The second kappa shape index (κ2) is 13.1. The van der Waals surface area contributed by atoms with Crippen LogP contribution in [0.3, 0.4) is 0 Å². The number of piperidine rings is 2. The lowest BCUT2D eigenvalue weighted by Crippen LogP contribution is -2.49. The summed E-state index contributed by atoms with van der Waals surface area (Å²) in [6.07, 6.45) is 5.25. The van der Waals surface area contributed by atoms with Crippen LogP contribution in [-0.2, 0) is 11.8 Å². The molecule has 8 heteroatoms. The monoisotopic (exact) mass is 584 g/mol. The van der Waals surface area contributed by atoms with Gasteiger partial charge in [0.15, 0.2) is 0 Å². The van der Waals surface area contributed by atoms with Crippen molar-refractivity contribution in [1.29, 1.82) is 0 Å². The van der Waals surface area contributed by atoms with E-state index in [9.17, 15) is 4.79 Å². The topological polar surface area (TPSA) is 65.9 Å². The maximum atomic E-state index is 12.6. The zero-order valence-corrected chi connectivity index (χ0v) is 26.3. The van der Waals surface area contributed by atoms with E-state index < -0.39 is 0 Å². The van der Waals surface area contributed by atoms with Crippen molar-refractivity contribution in [2.45, 2.75) is 51.9 Å². The van der Waals surface area contributed by atoms with Gasteiger partial charge in [-0.25, -0.2) is 0 Å². The highest BCUT2D eigenvalue weighted by atomic mass is 16.5. The average molecular weight is 585 g/mol. The van der Waals surface area contributed by atoms with Gasteiger partial charge in [-0.3, -0.25) is 14.4 Å². The van der Waals surface area contributed by atoms with E-state index in [-0.39, 0.29) is 11.8 Å². The molecule has 3 aliphatic rings. The number of likely N-dealkylation sites (tertiary alicyclic amines) is 1. The number of nitrogens with one attached hydrogen (secondary N) is 1. The van der Waals surface area contributed by atoms with Gasteiger partial charge in [-0.15, -0.1) is 0 Å². The van der Waals surface area contributed by atoms with Gasteiger partial charge >= 0.3 is 0 Å². The Morgan fingerprint density at radius 1 is 1.00 bits per heavy atom. The molecule has 8 nitrogen and oxygen atoms in total. The molecule has 3 saturated heterocycles. The van der Waals surface area contributed by atoms with Crippen molar-refractivity contribution in [3.05, 3.63) is 65.5 Å². The van der Waals surface area contributed by atoms with Crippen LogP contribution >= 0.6 is 0 Å². The zero-order chi connectivity index (χ0) is 29.9. The average Bonchev–Trinajstić information content (AvgIpc) is 3.33. The molecule has 3 fully saturated rings. The molecule has 0 bridgehead atoms. The number of aromatic nitrogens is 2. The molecule has 0 spiro atoms. The lowest BCUT2D eigenvalue weighted by atomic mass is 9.92. The van der Waals surface area contributed by atoms with Gasteiger partial charge in [0.1, 0.15) is 5.75 Å². The van der Waals surface area contributed by atoms with Crippen LogP contribution in [0.1, 0.15) is 54.8 Å². The molecule has 0 radical (unpaired) electrons. The van der Waals surface area contributed by atoms with Crippen molar-refractivity contribution >= 4 is 22.5 Å². The molecule has 43 heavy (non-hydrogen) atoms. The molecular formula is C35H48N6O2. The molecule has 0 saturated carbocycles. The summed E-state index contributed by atoms with van der Waals surface area (Å²) in [4.78, 5) is 20.4. The first-order valence-corrected chi connectivity index (χ1v) is 16.2. The Bertz CT molecular complexity index is 1450. The molecule has 3 aromatic rings. The number of nitrogens with zero attached hydrogens (tertiary/aromatic N) is 5. The quantitative estimate of drug-likeness (QED) is 0.357. The molecule has 1 unspecified atom stereocenters. The second-order valence-electron chi connectivity index (χ2n) is 12.9. The van der Waals surface area contributed by atoms with Crippen LogP contribution in [-0.4, -0.2) is 84.5 Å². The molecule has 1 atom stereocenters. The summed E-state index contributed by atoms with van der Waals surface area (Å²) < 4.78 is 8.01. The highest BCUT2D eigenvalue weighted by Gasteiger charge is 2.30. The number of fused-ring (bicyclic) bond motifs is 1. The number of aryl methyl sites for hydroxylation is 2. The van der Waals surface area contributed by atoms with Gasteiger partial charge in [0.2, 0.25) is 5.91 Å². The summed E-state index contributed by atoms with van der Waals surface area (Å²) in [5.74, 6) is 1.63. The minimum absolute atomic E-state index is 0.0145. The van der Waals surface area contributed by atoms with Crippen molar-refractivity contribution in [3.8, 4) is 5.75 Å². The molecular weight excluding hydrogens is 536 g/mol. The van der Waals surface area contributed by atoms with Crippen LogP contribution in [0.15, 0.2) is 48.7 Å². The smallest absolute Gasteiger partial charge is 0.233 e. The van der Waals surface area contributed by atoms with Crippen molar-refractivity contribution in [2.75, 3.05) is 63.9 Å². The van der Waals surface area contributed by atoms with E-state index in [4.69, 9.17) is 9.84 Å². The van der Waals surface area contributed by atoms with Gasteiger partial charge in [0.05, 0.1) is 23.7 Å². The van der Waals surface area contributed by atoms with Crippen LogP contribution in [0.4, 0.5) is 5.69 Å². The largest absolute Gasteiger partial charge is 0.493 e. The summed E-state index contributed by atoms with van der Waals surface area (Å²) in [5, 5.41) is 8.78. The van der Waals surface area contributed by atoms with E-state index in [0.717, 1.165) is 92.6 Å². The van der Waals surface area contributed by atoms with Gasteiger partial charge in [0.25, 0.3) is 0 Å². The number of amides is 1. The SMILES string of the molecule is C=C1CCC(c2nn(C)c3cc(N4CCN(CC5CCN(CCCOc6cccc(C)c6C)CC5)CC4)ccc23)C(=O)N1. The number of hydrogen-bond acceptors (Lipinski definition) is 6. The number of allylic oxidation sites excluding steroid dienone is 1. The van der Waals surface area contributed by atoms with Crippen LogP contribution in [0.25, 0.3) is 10.9 Å². The third-order valence-corrected chi connectivity index (χ3v) is 9.94. The standard InChI is InChI=1S/C35H48N6O2/c1-25-7-5-8-33(27(25)3)43-22-6-15-39-16-13-28(14-17-39)24-40-18-20-41(21-19-40)29-10-12-30-32(23-29)38(4)37-34(30)31-11-9-26(2)36-35(31)42/h5,7-8,10,12,23,28,31H,2,6,9,11,13-22,24H2,1,3-4H3,(H,36,42). The fraction of sp³-hybridized carbons (Fsp3) is 0.543. The van der Waals surface area contributed by atoms with Gasteiger partial charge < -0.3 is 19.9 Å². The Morgan fingerprint density at radius 2 is 1.79 bits per heavy atom. The Morgan fingerprint density at radius 3 is 2.56 bits per heavy atom. The first-order chi connectivity index (χ1) is 20.9. The lowest BCUT2D eigenvalue weighted by molar-refractivity contribution is -0.122. The molecule has 230 valence electrons. The summed E-state index contributed by atoms with van der Waals surface area (Å²) in [5.41, 5.74) is 6.58. The van der Waals surface area contributed by atoms with E-state index in [0.29, 0.717) is 0 Å². The number of carbonyl (C=O) groups is 1. The van der Waals surface area contributed by atoms with Crippen LogP contribution in [0.5, 0.6) is 5.75 Å². The first kappa shape index (κ1) is 29.7. The molecule has 3 aliphatic heterocycles. The molecule has 1 aromatic heterocycles. The van der Waals surface area contributed by atoms with E-state index in [1.807, 2.05) is 11.7 Å². The third kappa shape index (κ3) is 6.75. The van der Waals surface area contributed by atoms with Crippen LogP contribution in [0.2, 0.25) is 0 Å². The predicted molar refractivity (Wildman–Crippen MR) is 174 cm³/mol. The molecule has 4 heterocycles. The zero-order valence-electron chi connectivity index (χ0n) is 26.3. The Hall–Kier alpha value is -3.36. The summed E-state index contributed by atoms with van der Waals surface area (Å²) >= 11 is 0. The van der Waals surface area contributed by atoms with Crippen LogP contribution in [0, 0.1) is 19.8 Å². The number of carbonyl (C=O) groups excluding carboxylic acids is 1. The van der Waals surface area contributed by atoms with Gasteiger partial charge in [-0.05, 0) is 100 Å². The number of piperazine rings is 1. The summed E-state index contributed by atoms with van der Waals surface area (Å²) in [7, 11) is 1.98. The van der Waals surface area contributed by atoms with Crippen molar-refractivity contribution in [2.24, 2.45) is 13.0 Å². The minimum Gasteiger partial charge on any atom is -0.493 e. The van der Waals surface area contributed by atoms with Gasteiger partial charge in [-0.2, -0.15) is 5.10 Å². The lowest BCUT2D eigenvalue weighted by Gasteiger charge is -2.39. The van der Waals surface area contributed by atoms with Crippen molar-refractivity contribution < 1.29 is 9.53 Å². The second-order valence-corrected chi connectivity index (χ2v) is 12.9. The molecule has 1 amide bonds. The van der Waals surface area contributed by atoms with Gasteiger partial charge in [-0.1, -0.05) is 18.7 Å². The van der Waals surface area contributed by atoms with Crippen LogP contribution < -0.4 is 15.0 Å². The fourth-order valence-corrected chi connectivity index (χ4v) is 7.06. The highest BCUT2D eigenvalue weighted by molar-refractivity contribution is 5.93. The Balaban J connectivity index is 0.936. The summed E-state index contributed by atoms with van der Waals surface area (Å²) in [6.45, 7) is 18.1. The minimum atomic E-state index is -0.210. The van der Waals surface area contributed by atoms with Gasteiger partial charge in [0, 0.05) is 63.1 Å². The molecule has 2 aromatic carbocycles. The number of hydrogen-bond donors (Lipinski definition) is 1. The fourth-order valence-electron chi connectivity index (χ4n) is 7.06. The Labute approximate surface area is 256 Å². The number of anilines is 1. The normalized spacial score (nSPS) is 21.0. The van der Waals surface area contributed by atoms with E-state index in [2.05, 4.69) is 76.8 Å². The molecule has 6 rings (SSSR count). The van der Waals surface area contributed by atoms with Crippen molar-refractivity contribution in [1.82, 2.24) is 24.9 Å². The predicted octanol–water partition coefficient (Wildman–Crippen LogP) is 5.00. The molecule has 1 N–H and O–H groups in total. The van der Waals surface area contributed by atoms with Crippen molar-refractivity contribution in [3.63, 3.8) is 0 Å². The maximum Gasteiger partial charge on any atom is 0.233 e. The third-order valence-electron chi connectivity index (χ3n) is 9.94. The number of benzene rings is 2. The summed E-state index contributed by atoms with van der Waals surface area (Å²) in [6, 6.07) is 12.9. The molecule has 0 aliphatic carbocycles. The number of rotatable bonds is 9. The number of ether oxygens (including phenoxy) is 1. The van der Waals surface area contributed by atoms with E-state index in [1.54, 1.807) is 0 Å². The first-order valence-electron chi connectivity index (χ1n) is 16.2. The maximum absolute atomic E-state index is 12.6. The Kier molecular flexibility index (Phi) is 9.05. The highest BCUT2D eigenvalue weighted by Crippen LogP contribution is 2.33.